The van der Waals surface area contributed by atoms with Crippen molar-refractivity contribution in [2.75, 3.05) is 0 Å². The van der Waals surface area contributed by atoms with Gasteiger partial charge in [-0.1, -0.05) is 48.5 Å². The molecule has 26 heavy (non-hydrogen) atoms. The summed E-state index contributed by atoms with van der Waals surface area (Å²) in [7, 11) is 0. The van der Waals surface area contributed by atoms with Crippen LogP contribution in [0.3, 0.4) is 0 Å². The molecule has 4 heteroatoms. The average Bonchev–Trinajstić information content (AvgIpc) is 2.68. The van der Waals surface area contributed by atoms with Crippen molar-refractivity contribution in [3.8, 4) is 5.75 Å². The fourth-order valence-electron chi connectivity index (χ4n) is 2.35. The first kappa shape index (κ1) is 17.3. The van der Waals surface area contributed by atoms with E-state index in [2.05, 4.69) is 0 Å². The average molecular weight is 346 g/mol. The number of ether oxygens (including phenoxy) is 1. The smallest absolute Gasteiger partial charge is 0.336 e. The number of carbonyl (C=O) groups is 2. The van der Waals surface area contributed by atoms with Gasteiger partial charge in [0, 0.05) is 22.8 Å². The molecular formula is C22H15FO3. The van der Waals surface area contributed by atoms with Crippen LogP contribution in [-0.2, 0) is 4.79 Å². The van der Waals surface area contributed by atoms with Gasteiger partial charge in [-0.25, -0.2) is 9.18 Å². The third-order valence-electron chi connectivity index (χ3n) is 3.68. The monoisotopic (exact) mass is 346 g/mol. The van der Waals surface area contributed by atoms with Gasteiger partial charge in [0.05, 0.1) is 0 Å². The minimum Gasteiger partial charge on any atom is -0.423 e. The summed E-state index contributed by atoms with van der Waals surface area (Å²) < 4.78 is 18.6. The maximum absolute atomic E-state index is 13.5. The van der Waals surface area contributed by atoms with E-state index in [0.717, 1.165) is 6.08 Å². The maximum atomic E-state index is 13.5. The van der Waals surface area contributed by atoms with Gasteiger partial charge >= 0.3 is 5.97 Å². The van der Waals surface area contributed by atoms with Crippen molar-refractivity contribution in [2.24, 2.45) is 0 Å². The highest BCUT2D eigenvalue weighted by Crippen LogP contribution is 2.16. The van der Waals surface area contributed by atoms with Crippen molar-refractivity contribution in [3.05, 3.63) is 107 Å². The Morgan fingerprint density at radius 1 is 0.769 bits per heavy atom. The lowest BCUT2D eigenvalue weighted by atomic mass is 10.0. The van der Waals surface area contributed by atoms with E-state index in [4.69, 9.17) is 4.74 Å². The fourth-order valence-corrected chi connectivity index (χ4v) is 2.35. The Kier molecular flexibility index (Phi) is 5.34. The molecule has 0 fully saturated rings. The van der Waals surface area contributed by atoms with Gasteiger partial charge in [0.15, 0.2) is 5.78 Å². The Labute approximate surface area is 150 Å². The number of halogens is 1. The van der Waals surface area contributed by atoms with Crippen LogP contribution < -0.4 is 4.74 Å². The minimum absolute atomic E-state index is 0.108. The second-order valence-corrected chi connectivity index (χ2v) is 5.50. The number of hydrogen-bond acceptors (Lipinski definition) is 3. The molecule has 0 aromatic heterocycles. The third kappa shape index (κ3) is 4.30. The van der Waals surface area contributed by atoms with Crippen LogP contribution in [-0.4, -0.2) is 11.8 Å². The van der Waals surface area contributed by atoms with Crippen LogP contribution in [0, 0.1) is 5.82 Å². The van der Waals surface area contributed by atoms with Crippen molar-refractivity contribution in [1.29, 1.82) is 0 Å². The molecule has 0 unspecified atom stereocenters. The highest BCUT2D eigenvalue weighted by atomic mass is 19.1. The van der Waals surface area contributed by atoms with E-state index in [9.17, 15) is 14.0 Å². The summed E-state index contributed by atoms with van der Waals surface area (Å²) in [6, 6.07) is 21.3. The lowest BCUT2D eigenvalue weighted by Gasteiger charge is -2.04. The van der Waals surface area contributed by atoms with Crippen LogP contribution in [0.5, 0.6) is 5.75 Å². The van der Waals surface area contributed by atoms with Gasteiger partial charge in [-0.3, -0.25) is 4.79 Å². The summed E-state index contributed by atoms with van der Waals surface area (Å²) in [5.41, 5.74) is 1.39. The number of carbonyl (C=O) groups excluding carboxylic acids is 2. The summed E-state index contributed by atoms with van der Waals surface area (Å²) in [6.07, 6.45) is 2.51. The van der Waals surface area contributed by atoms with Gasteiger partial charge in [-0.05, 0) is 36.4 Å². The van der Waals surface area contributed by atoms with Crippen LogP contribution in [0.2, 0.25) is 0 Å². The number of rotatable bonds is 5. The predicted molar refractivity (Wildman–Crippen MR) is 97.4 cm³/mol. The molecule has 0 saturated heterocycles. The second-order valence-electron chi connectivity index (χ2n) is 5.50. The van der Waals surface area contributed by atoms with Gasteiger partial charge in [-0.15, -0.1) is 0 Å². The third-order valence-corrected chi connectivity index (χ3v) is 3.68. The molecule has 3 rings (SSSR count). The van der Waals surface area contributed by atoms with Gasteiger partial charge in [-0.2, -0.15) is 0 Å². The highest BCUT2D eigenvalue weighted by Gasteiger charge is 2.09. The van der Waals surface area contributed by atoms with E-state index in [1.54, 1.807) is 66.7 Å². The van der Waals surface area contributed by atoms with Crippen LogP contribution in [0.1, 0.15) is 21.5 Å². The number of benzene rings is 3. The maximum Gasteiger partial charge on any atom is 0.336 e. The summed E-state index contributed by atoms with van der Waals surface area (Å²) >= 11 is 0. The zero-order valence-electron chi connectivity index (χ0n) is 13.8. The first-order valence-electron chi connectivity index (χ1n) is 7.98. The van der Waals surface area contributed by atoms with Gasteiger partial charge in [0.2, 0.25) is 0 Å². The molecule has 0 bridgehead atoms. The molecule has 0 atom stereocenters. The first-order chi connectivity index (χ1) is 12.6. The molecule has 0 spiro atoms. The molecule has 0 aliphatic carbocycles. The first-order valence-corrected chi connectivity index (χ1v) is 7.98. The van der Waals surface area contributed by atoms with Gasteiger partial charge < -0.3 is 4.74 Å². The Balaban J connectivity index is 1.65. The van der Waals surface area contributed by atoms with E-state index in [1.807, 2.05) is 6.07 Å². The molecule has 0 aliphatic heterocycles. The van der Waals surface area contributed by atoms with Crippen LogP contribution >= 0.6 is 0 Å². The molecule has 3 nitrogen and oxygen atoms in total. The highest BCUT2D eigenvalue weighted by molar-refractivity contribution is 6.09. The number of ketones is 1. The Morgan fingerprint density at radius 2 is 1.38 bits per heavy atom. The van der Waals surface area contributed by atoms with Crippen LogP contribution in [0.15, 0.2) is 84.9 Å². The molecule has 3 aromatic carbocycles. The van der Waals surface area contributed by atoms with E-state index in [1.165, 1.54) is 12.1 Å². The Morgan fingerprint density at radius 3 is 2.08 bits per heavy atom. The molecular weight excluding hydrogens is 331 g/mol. The Hall–Kier alpha value is -3.53. The van der Waals surface area contributed by atoms with Crippen molar-refractivity contribution in [2.45, 2.75) is 0 Å². The topological polar surface area (TPSA) is 43.4 Å². The summed E-state index contributed by atoms with van der Waals surface area (Å²) in [5.74, 6) is -0.851. The summed E-state index contributed by atoms with van der Waals surface area (Å²) in [5, 5.41) is 0. The van der Waals surface area contributed by atoms with Gasteiger partial charge in [0.25, 0.3) is 0 Å². The van der Waals surface area contributed by atoms with E-state index in [-0.39, 0.29) is 5.78 Å². The molecule has 3 aromatic rings. The normalized spacial score (nSPS) is 10.7. The molecule has 0 aliphatic rings. The van der Waals surface area contributed by atoms with Crippen molar-refractivity contribution in [3.63, 3.8) is 0 Å². The number of esters is 1. The van der Waals surface area contributed by atoms with Gasteiger partial charge in [0.1, 0.15) is 11.6 Å². The molecule has 0 radical (unpaired) electrons. The standard InChI is InChI=1S/C22H15FO3/c23-20-9-5-4-6-16(20)12-15-21(24)26-19-13-10-18(11-14-19)22(25)17-7-2-1-3-8-17/h1-15H/b15-12+. The molecule has 0 saturated carbocycles. The SMILES string of the molecule is O=C(/C=C/c1ccccc1F)Oc1ccc(C(=O)c2ccccc2)cc1. The molecule has 0 N–H and O–H groups in total. The minimum atomic E-state index is -0.629. The summed E-state index contributed by atoms with van der Waals surface area (Å²) in [4.78, 5) is 24.2. The molecule has 0 amide bonds. The lowest BCUT2D eigenvalue weighted by Crippen LogP contribution is -2.05. The largest absolute Gasteiger partial charge is 0.423 e. The molecule has 128 valence electrons. The molecule has 0 heterocycles. The van der Waals surface area contributed by atoms with Crippen molar-refractivity contribution >= 4 is 17.8 Å². The number of hydrogen-bond donors (Lipinski definition) is 0. The van der Waals surface area contributed by atoms with Crippen molar-refractivity contribution in [1.82, 2.24) is 0 Å². The lowest BCUT2D eigenvalue weighted by molar-refractivity contribution is -0.128. The van der Waals surface area contributed by atoms with Crippen LogP contribution in [0.4, 0.5) is 4.39 Å². The Bertz CT molecular complexity index is 945. The van der Waals surface area contributed by atoms with E-state index < -0.39 is 11.8 Å². The van der Waals surface area contributed by atoms with E-state index in [0.29, 0.717) is 22.4 Å². The zero-order chi connectivity index (χ0) is 18.4. The van der Waals surface area contributed by atoms with Crippen LogP contribution in [0.25, 0.3) is 6.08 Å². The zero-order valence-corrected chi connectivity index (χ0v) is 13.8. The second kappa shape index (κ2) is 8.03. The van der Waals surface area contributed by atoms with Crippen molar-refractivity contribution < 1.29 is 18.7 Å². The van der Waals surface area contributed by atoms with E-state index >= 15 is 0 Å². The predicted octanol–water partition coefficient (Wildman–Crippen LogP) is 4.68. The fraction of sp³-hybridized carbons (Fsp3) is 0. The quantitative estimate of drug-likeness (QED) is 0.292. The summed E-state index contributed by atoms with van der Waals surface area (Å²) in [6.45, 7) is 0.